The summed E-state index contributed by atoms with van der Waals surface area (Å²) in [5.41, 5.74) is 0.764. The Kier molecular flexibility index (Phi) is 6.46. The largest absolute Gasteiger partial charge is 0.444 e. The zero-order chi connectivity index (χ0) is 22.8. The van der Waals surface area contributed by atoms with Gasteiger partial charge in [-0.15, -0.1) is 11.3 Å². The second-order valence-corrected chi connectivity index (χ2v) is 9.80. The summed E-state index contributed by atoms with van der Waals surface area (Å²) in [4.78, 5) is 29.4. The van der Waals surface area contributed by atoms with Crippen LogP contribution in [0.5, 0.6) is 0 Å². The molecule has 0 spiro atoms. The van der Waals surface area contributed by atoms with Crippen molar-refractivity contribution in [3.63, 3.8) is 0 Å². The summed E-state index contributed by atoms with van der Waals surface area (Å²) in [5.74, 6) is -0.0965. The van der Waals surface area contributed by atoms with Crippen molar-refractivity contribution < 1.29 is 14.3 Å². The third-order valence-electron chi connectivity index (χ3n) is 4.45. The highest BCUT2D eigenvalue weighted by Gasteiger charge is 2.25. The van der Waals surface area contributed by atoms with E-state index >= 15 is 0 Å². The Morgan fingerprint density at radius 1 is 1.23 bits per heavy atom. The van der Waals surface area contributed by atoms with Gasteiger partial charge in [-0.1, -0.05) is 26.0 Å². The van der Waals surface area contributed by atoms with Crippen LogP contribution in [0.1, 0.15) is 46.0 Å². The highest BCUT2D eigenvalue weighted by atomic mass is 32.1. The molecule has 3 rings (SSSR count). The molecule has 0 bridgehead atoms. The lowest BCUT2D eigenvalue weighted by Crippen LogP contribution is -2.46. The predicted octanol–water partition coefficient (Wildman–Crippen LogP) is 5.20. The van der Waals surface area contributed by atoms with Gasteiger partial charge in [0.25, 0.3) is 0 Å². The number of nitriles is 1. The van der Waals surface area contributed by atoms with Crippen molar-refractivity contribution in [3.8, 4) is 6.07 Å². The third kappa shape index (κ3) is 5.70. The Labute approximate surface area is 185 Å². The van der Waals surface area contributed by atoms with E-state index in [-0.39, 0.29) is 11.8 Å². The first-order chi connectivity index (χ1) is 14.6. The van der Waals surface area contributed by atoms with Crippen LogP contribution in [-0.4, -0.2) is 28.6 Å². The SMILES string of the molecule is CC(C)C[C@H](NC(=O)OC(C)(C)C)C(=O)Nc1ccc2c(ccc3nc(C#N)sc32)c1. The number of nitrogens with zero attached hydrogens (tertiary/aromatic N) is 2. The second kappa shape index (κ2) is 8.90. The summed E-state index contributed by atoms with van der Waals surface area (Å²) in [6.07, 6.45) is -0.135. The molecule has 7 nitrogen and oxygen atoms in total. The Morgan fingerprint density at radius 2 is 1.97 bits per heavy atom. The summed E-state index contributed by atoms with van der Waals surface area (Å²) in [6, 6.07) is 10.7. The zero-order valence-corrected chi connectivity index (χ0v) is 19.1. The van der Waals surface area contributed by atoms with E-state index in [2.05, 4.69) is 21.7 Å². The van der Waals surface area contributed by atoms with Gasteiger partial charge < -0.3 is 15.4 Å². The number of anilines is 1. The number of aromatic nitrogens is 1. The molecule has 8 heteroatoms. The van der Waals surface area contributed by atoms with Crippen LogP contribution >= 0.6 is 11.3 Å². The van der Waals surface area contributed by atoms with Crippen LogP contribution in [-0.2, 0) is 9.53 Å². The number of hydrogen-bond donors (Lipinski definition) is 2. The molecule has 1 atom stereocenters. The van der Waals surface area contributed by atoms with Gasteiger partial charge in [-0.05, 0) is 56.7 Å². The van der Waals surface area contributed by atoms with Crippen molar-refractivity contribution in [3.05, 3.63) is 35.3 Å². The first-order valence-corrected chi connectivity index (χ1v) is 10.9. The number of fused-ring (bicyclic) bond motifs is 3. The van der Waals surface area contributed by atoms with Crippen molar-refractivity contribution in [2.45, 2.75) is 52.7 Å². The summed E-state index contributed by atoms with van der Waals surface area (Å²) in [5, 5.41) is 17.0. The van der Waals surface area contributed by atoms with Crippen LogP contribution in [0, 0.1) is 17.2 Å². The average molecular weight is 439 g/mol. The maximum atomic E-state index is 12.9. The van der Waals surface area contributed by atoms with Gasteiger partial charge in [-0.3, -0.25) is 4.79 Å². The molecule has 3 aromatic rings. The second-order valence-electron chi connectivity index (χ2n) is 8.80. The molecule has 31 heavy (non-hydrogen) atoms. The van der Waals surface area contributed by atoms with E-state index in [1.54, 1.807) is 20.8 Å². The van der Waals surface area contributed by atoms with E-state index in [0.29, 0.717) is 17.1 Å². The van der Waals surface area contributed by atoms with E-state index in [1.807, 2.05) is 44.2 Å². The molecular formula is C23H26N4O3S. The number of rotatable bonds is 5. The van der Waals surface area contributed by atoms with Crippen LogP contribution in [0.4, 0.5) is 10.5 Å². The summed E-state index contributed by atoms with van der Waals surface area (Å²) in [7, 11) is 0. The van der Waals surface area contributed by atoms with Gasteiger partial charge in [0.2, 0.25) is 5.91 Å². The van der Waals surface area contributed by atoms with Gasteiger partial charge in [0.05, 0.1) is 10.2 Å². The van der Waals surface area contributed by atoms with E-state index in [1.165, 1.54) is 11.3 Å². The van der Waals surface area contributed by atoms with Gasteiger partial charge in [0.1, 0.15) is 17.7 Å². The van der Waals surface area contributed by atoms with E-state index in [9.17, 15) is 9.59 Å². The van der Waals surface area contributed by atoms with E-state index in [4.69, 9.17) is 10.00 Å². The number of alkyl carbamates (subject to hydrolysis) is 1. The number of hydrogen-bond acceptors (Lipinski definition) is 6. The Balaban J connectivity index is 1.81. The van der Waals surface area contributed by atoms with Crippen molar-refractivity contribution in [2.24, 2.45) is 5.92 Å². The molecule has 2 amide bonds. The monoisotopic (exact) mass is 438 g/mol. The zero-order valence-electron chi connectivity index (χ0n) is 18.3. The smallest absolute Gasteiger partial charge is 0.408 e. The number of thiazole rings is 1. The molecule has 0 saturated carbocycles. The number of nitrogens with one attached hydrogen (secondary N) is 2. The van der Waals surface area contributed by atoms with Gasteiger partial charge in [0.15, 0.2) is 5.01 Å². The van der Waals surface area contributed by atoms with Crippen LogP contribution in [0.2, 0.25) is 0 Å². The summed E-state index contributed by atoms with van der Waals surface area (Å²) < 4.78 is 6.24. The predicted molar refractivity (Wildman–Crippen MR) is 123 cm³/mol. The molecule has 0 aliphatic carbocycles. The van der Waals surface area contributed by atoms with Crippen molar-refractivity contribution in [1.29, 1.82) is 5.26 Å². The van der Waals surface area contributed by atoms with Gasteiger partial charge in [0, 0.05) is 11.1 Å². The molecule has 2 N–H and O–H groups in total. The van der Waals surface area contributed by atoms with E-state index in [0.717, 1.165) is 21.0 Å². The molecule has 162 valence electrons. The number of amides is 2. The number of benzene rings is 2. The minimum Gasteiger partial charge on any atom is -0.444 e. The van der Waals surface area contributed by atoms with Crippen molar-refractivity contribution in [1.82, 2.24) is 10.3 Å². The first kappa shape index (κ1) is 22.5. The van der Waals surface area contributed by atoms with E-state index < -0.39 is 17.7 Å². The fourth-order valence-corrected chi connectivity index (χ4v) is 4.12. The number of carbonyl (C=O) groups excluding carboxylic acids is 2. The minimum atomic E-state index is -0.715. The molecule has 0 radical (unpaired) electrons. The lowest BCUT2D eigenvalue weighted by atomic mass is 10.0. The highest BCUT2D eigenvalue weighted by molar-refractivity contribution is 7.20. The topological polar surface area (TPSA) is 104 Å². The summed E-state index contributed by atoms with van der Waals surface area (Å²) in [6.45, 7) is 9.31. The number of ether oxygens (including phenoxy) is 1. The minimum absolute atomic E-state index is 0.205. The third-order valence-corrected chi connectivity index (χ3v) is 5.46. The Hall–Kier alpha value is -3.18. The van der Waals surface area contributed by atoms with Crippen LogP contribution in [0.3, 0.4) is 0 Å². The summed E-state index contributed by atoms with van der Waals surface area (Å²) >= 11 is 1.35. The van der Waals surface area contributed by atoms with Gasteiger partial charge in [-0.25, -0.2) is 9.78 Å². The standard InChI is InChI=1S/C23H26N4O3S/c1-13(2)10-18(27-22(29)30-23(3,4)5)21(28)25-15-7-8-16-14(11-15)6-9-17-20(16)31-19(12-24)26-17/h6-9,11,13,18H,10H2,1-5H3,(H,25,28)(H,27,29)/t18-/m0/s1. The van der Waals surface area contributed by atoms with Crippen LogP contribution < -0.4 is 10.6 Å². The maximum absolute atomic E-state index is 12.9. The molecule has 1 heterocycles. The number of carbonyl (C=O) groups is 2. The molecule has 0 aliphatic rings. The van der Waals surface area contributed by atoms with Gasteiger partial charge >= 0.3 is 6.09 Å². The lowest BCUT2D eigenvalue weighted by Gasteiger charge is -2.24. The maximum Gasteiger partial charge on any atom is 0.408 e. The molecule has 0 aliphatic heterocycles. The normalized spacial score (nSPS) is 12.5. The Morgan fingerprint density at radius 3 is 2.61 bits per heavy atom. The molecule has 0 fully saturated rings. The van der Waals surface area contributed by atoms with Crippen molar-refractivity contribution >= 4 is 50.0 Å². The van der Waals surface area contributed by atoms with Crippen LogP contribution in [0.15, 0.2) is 30.3 Å². The fourth-order valence-electron chi connectivity index (χ4n) is 3.22. The first-order valence-electron chi connectivity index (χ1n) is 10.1. The molecule has 0 unspecified atom stereocenters. The molecule has 0 saturated heterocycles. The van der Waals surface area contributed by atoms with Crippen LogP contribution in [0.25, 0.3) is 21.0 Å². The highest BCUT2D eigenvalue weighted by Crippen LogP contribution is 2.31. The average Bonchev–Trinajstić information content (AvgIpc) is 3.09. The Bertz CT molecular complexity index is 1170. The molecule has 1 aromatic heterocycles. The fraction of sp³-hybridized carbons (Fsp3) is 0.391. The molecular weight excluding hydrogens is 412 g/mol. The quantitative estimate of drug-likeness (QED) is 0.570. The van der Waals surface area contributed by atoms with Crippen molar-refractivity contribution in [2.75, 3.05) is 5.32 Å². The lowest BCUT2D eigenvalue weighted by molar-refractivity contribution is -0.118. The molecule has 2 aromatic carbocycles. The van der Waals surface area contributed by atoms with Gasteiger partial charge in [-0.2, -0.15) is 5.26 Å².